The smallest absolute Gasteiger partial charge is 0.359 e. The number of aromatic nitrogens is 2. The van der Waals surface area contributed by atoms with E-state index >= 15 is 0 Å². The van der Waals surface area contributed by atoms with Gasteiger partial charge in [-0.15, -0.1) is 0 Å². The second-order valence-electron chi connectivity index (χ2n) is 4.93. The fourth-order valence-corrected chi connectivity index (χ4v) is 2.31. The van der Waals surface area contributed by atoms with Crippen LogP contribution in [-0.2, 0) is 4.74 Å². The molecule has 2 rings (SSSR count). The lowest BCUT2D eigenvalue weighted by Gasteiger charge is -2.17. The lowest BCUT2D eigenvalue weighted by Crippen LogP contribution is -2.14. The molecule has 0 saturated heterocycles. The maximum atomic E-state index is 11.8. The molecule has 102 valence electrons. The molecule has 0 fully saturated rings. The zero-order chi connectivity index (χ0) is 14.2. The van der Waals surface area contributed by atoms with Crippen molar-refractivity contribution in [2.24, 2.45) is 5.92 Å². The van der Waals surface area contributed by atoms with Crippen molar-refractivity contribution in [2.75, 3.05) is 7.11 Å². The van der Waals surface area contributed by atoms with Gasteiger partial charge < -0.3 is 4.74 Å². The van der Waals surface area contributed by atoms with Crippen molar-refractivity contribution in [1.82, 2.24) is 9.78 Å². The van der Waals surface area contributed by atoms with E-state index in [1.165, 1.54) is 7.11 Å². The number of nitrogens with zero attached hydrogens (tertiary/aromatic N) is 2. The summed E-state index contributed by atoms with van der Waals surface area (Å²) in [6.07, 6.45) is 0. The van der Waals surface area contributed by atoms with Crippen molar-refractivity contribution >= 4 is 32.8 Å². The summed E-state index contributed by atoms with van der Waals surface area (Å²) in [4.78, 5) is 11.8. The van der Waals surface area contributed by atoms with Crippen LogP contribution in [0.4, 0.5) is 0 Å². The van der Waals surface area contributed by atoms with Gasteiger partial charge in [-0.1, -0.05) is 29.8 Å². The van der Waals surface area contributed by atoms with Gasteiger partial charge in [-0.2, -0.15) is 5.10 Å². The van der Waals surface area contributed by atoms with E-state index in [0.717, 1.165) is 15.4 Å². The monoisotopic (exact) mass is 324 g/mol. The highest BCUT2D eigenvalue weighted by atomic mass is 79.9. The molecule has 0 bridgehead atoms. The molecule has 1 aromatic heterocycles. The lowest BCUT2D eigenvalue weighted by molar-refractivity contribution is 0.0594. The summed E-state index contributed by atoms with van der Waals surface area (Å²) < 4.78 is 7.63. The molecule has 2 aromatic rings. The maximum Gasteiger partial charge on any atom is 0.359 e. The first-order valence-electron chi connectivity index (χ1n) is 6.21. The number of methoxy groups -OCH3 is 1. The predicted octanol–water partition coefficient (Wildman–Crippen LogP) is 3.80. The minimum atomic E-state index is -0.405. The minimum absolute atomic E-state index is 0.210. The van der Waals surface area contributed by atoms with Crippen LogP contribution in [0.3, 0.4) is 0 Å². The standard InChI is InChI=1S/C14H17BrN2O2/c1-8(2)9(3)17-12-6-5-10(15)7-11(12)13(16-17)14(18)19-4/h5-9H,1-4H3/t9-/m0/s1. The van der Waals surface area contributed by atoms with Gasteiger partial charge in [0.1, 0.15) is 0 Å². The fourth-order valence-electron chi connectivity index (χ4n) is 1.95. The molecule has 1 aromatic carbocycles. The molecule has 0 aliphatic heterocycles. The molecule has 4 nitrogen and oxygen atoms in total. The second kappa shape index (κ2) is 5.33. The van der Waals surface area contributed by atoms with Gasteiger partial charge in [-0.3, -0.25) is 4.68 Å². The van der Waals surface area contributed by atoms with E-state index in [2.05, 4.69) is 41.8 Å². The molecular formula is C14H17BrN2O2. The summed E-state index contributed by atoms with van der Waals surface area (Å²) in [5, 5.41) is 5.26. The number of carbonyl (C=O) groups is 1. The molecular weight excluding hydrogens is 308 g/mol. The van der Waals surface area contributed by atoms with E-state index < -0.39 is 5.97 Å². The van der Waals surface area contributed by atoms with E-state index in [1.54, 1.807) is 0 Å². The van der Waals surface area contributed by atoms with Gasteiger partial charge in [0.2, 0.25) is 0 Å². The molecule has 0 N–H and O–H groups in total. The third-order valence-corrected chi connectivity index (χ3v) is 3.89. The minimum Gasteiger partial charge on any atom is -0.464 e. The van der Waals surface area contributed by atoms with Gasteiger partial charge in [0.05, 0.1) is 18.7 Å². The number of carbonyl (C=O) groups excluding carboxylic acids is 1. The first-order valence-corrected chi connectivity index (χ1v) is 7.01. The molecule has 1 heterocycles. The SMILES string of the molecule is COC(=O)c1nn([C@@H](C)C(C)C)c2ccc(Br)cc12. The van der Waals surface area contributed by atoms with E-state index in [4.69, 9.17) is 4.74 Å². The van der Waals surface area contributed by atoms with Crippen LogP contribution in [0.15, 0.2) is 22.7 Å². The second-order valence-corrected chi connectivity index (χ2v) is 5.85. The Morgan fingerprint density at radius 2 is 2.05 bits per heavy atom. The number of benzene rings is 1. The Morgan fingerprint density at radius 1 is 1.37 bits per heavy atom. The molecule has 0 radical (unpaired) electrons. The van der Waals surface area contributed by atoms with Crippen LogP contribution in [0.2, 0.25) is 0 Å². The van der Waals surface area contributed by atoms with Crippen LogP contribution in [0.5, 0.6) is 0 Å². The Morgan fingerprint density at radius 3 is 2.63 bits per heavy atom. The van der Waals surface area contributed by atoms with Crippen molar-refractivity contribution in [3.8, 4) is 0 Å². The van der Waals surface area contributed by atoms with Crippen LogP contribution in [0, 0.1) is 5.92 Å². The van der Waals surface area contributed by atoms with E-state index in [0.29, 0.717) is 11.6 Å². The van der Waals surface area contributed by atoms with Crippen LogP contribution in [0.1, 0.15) is 37.3 Å². The Hall–Kier alpha value is -1.36. The molecule has 0 saturated carbocycles. The zero-order valence-electron chi connectivity index (χ0n) is 11.5. The van der Waals surface area contributed by atoms with Crippen molar-refractivity contribution in [2.45, 2.75) is 26.8 Å². The first kappa shape index (κ1) is 14.1. The Balaban J connectivity index is 2.69. The average molecular weight is 325 g/mol. The summed E-state index contributed by atoms with van der Waals surface area (Å²) in [6, 6.07) is 6.03. The number of esters is 1. The zero-order valence-corrected chi connectivity index (χ0v) is 13.1. The van der Waals surface area contributed by atoms with Gasteiger partial charge in [0.15, 0.2) is 5.69 Å². The molecule has 0 spiro atoms. The molecule has 0 aliphatic carbocycles. The van der Waals surface area contributed by atoms with Gasteiger partial charge in [0.25, 0.3) is 0 Å². The number of rotatable bonds is 3. The first-order chi connectivity index (χ1) is 8.95. The summed E-state index contributed by atoms with van der Waals surface area (Å²) in [6.45, 7) is 6.36. The Bertz CT molecular complexity index is 619. The molecule has 19 heavy (non-hydrogen) atoms. The average Bonchev–Trinajstić information content (AvgIpc) is 2.75. The van der Waals surface area contributed by atoms with Gasteiger partial charge in [0, 0.05) is 9.86 Å². The number of halogens is 1. The van der Waals surface area contributed by atoms with Crippen molar-refractivity contribution in [3.63, 3.8) is 0 Å². The summed E-state index contributed by atoms with van der Waals surface area (Å²) in [5.74, 6) is 0.0232. The summed E-state index contributed by atoms with van der Waals surface area (Å²) >= 11 is 3.42. The number of ether oxygens (including phenoxy) is 1. The van der Waals surface area contributed by atoms with Gasteiger partial charge >= 0.3 is 5.97 Å². The van der Waals surface area contributed by atoms with E-state index in [9.17, 15) is 4.79 Å². The van der Waals surface area contributed by atoms with Crippen molar-refractivity contribution < 1.29 is 9.53 Å². The largest absolute Gasteiger partial charge is 0.464 e. The van der Waals surface area contributed by atoms with Crippen LogP contribution >= 0.6 is 15.9 Å². The third-order valence-electron chi connectivity index (χ3n) is 3.40. The van der Waals surface area contributed by atoms with Gasteiger partial charge in [-0.25, -0.2) is 4.79 Å². The third kappa shape index (κ3) is 2.52. The highest BCUT2D eigenvalue weighted by Gasteiger charge is 2.21. The number of hydrogen-bond acceptors (Lipinski definition) is 3. The van der Waals surface area contributed by atoms with E-state index in [-0.39, 0.29) is 6.04 Å². The normalized spacial score (nSPS) is 12.9. The number of fused-ring (bicyclic) bond motifs is 1. The predicted molar refractivity (Wildman–Crippen MR) is 78.3 cm³/mol. The maximum absolute atomic E-state index is 11.8. The lowest BCUT2D eigenvalue weighted by atomic mass is 10.1. The summed E-state index contributed by atoms with van der Waals surface area (Å²) in [5.41, 5.74) is 1.32. The fraction of sp³-hybridized carbons (Fsp3) is 0.429. The molecule has 0 aliphatic rings. The topological polar surface area (TPSA) is 44.1 Å². The van der Waals surface area contributed by atoms with Crippen molar-refractivity contribution in [3.05, 3.63) is 28.4 Å². The van der Waals surface area contributed by atoms with Gasteiger partial charge in [-0.05, 0) is 31.0 Å². The molecule has 5 heteroatoms. The van der Waals surface area contributed by atoms with Crippen LogP contribution in [-0.4, -0.2) is 22.9 Å². The van der Waals surface area contributed by atoms with E-state index in [1.807, 2.05) is 22.9 Å². The molecule has 0 amide bonds. The highest BCUT2D eigenvalue weighted by Crippen LogP contribution is 2.28. The summed E-state index contributed by atoms with van der Waals surface area (Å²) in [7, 11) is 1.37. The van der Waals surface area contributed by atoms with Crippen molar-refractivity contribution in [1.29, 1.82) is 0 Å². The number of hydrogen-bond donors (Lipinski definition) is 0. The Kier molecular flexibility index (Phi) is 3.94. The van der Waals surface area contributed by atoms with Crippen LogP contribution < -0.4 is 0 Å². The highest BCUT2D eigenvalue weighted by molar-refractivity contribution is 9.10. The Labute approximate surface area is 120 Å². The van der Waals surface area contributed by atoms with Crippen LogP contribution in [0.25, 0.3) is 10.9 Å². The molecule has 0 unspecified atom stereocenters. The quantitative estimate of drug-likeness (QED) is 0.806. The molecule has 1 atom stereocenters.